The lowest BCUT2D eigenvalue weighted by atomic mass is 10.2. The maximum atomic E-state index is 12.4. The van der Waals surface area contributed by atoms with E-state index in [0.29, 0.717) is 19.7 Å². The van der Waals surface area contributed by atoms with Crippen LogP contribution in [0, 0.1) is 0 Å². The van der Waals surface area contributed by atoms with Gasteiger partial charge in [0.2, 0.25) is 10.0 Å². The average molecular weight is 326 g/mol. The first kappa shape index (κ1) is 16.2. The number of ether oxygens (including phenoxy) is 1. The maximum Gasteiger partial charge on any atom is 0.216 e. The molecule has 9 heteroatoms. The van der Waals surface area contributed by atoms with Gasteiger partial charge in [-0.25, -0.2) is 21.1 Å². The highest BCUT2D eigenvalue weighted by atomic mass is 32.2. The number of sulfonamides is 1. The van der Waals surface area contributed by atoms with Gasteiger partial charge in [0, 0.05) is 26.7 Å². The van der Waals surface area contributed by atoms with Gasteiger partial charge in [0.05, 0.1) is 29.5 Å². The molecular formula is C11H22N2O5S2. The highest BCUT2D eigenvalue weighted by Gasteiger charge is 2.36. The molecule has 2 aliphatic heterocycles. The van der Waals surface area contributed by atoms with Crippen molar-refractivity contribution in [2.75, 3.05) is 44.8 Å². The molecule has 2 heterocycles. The van der Waals surface area contributed by atoms with Crippen molar-refractivity contribution in [2.24, 2.45) is 0 Å². The third kappa shape index (κ3) is 3.91. The summed E-state index contributed by atoms with van der Waals surface area (Å²) in [4.78, 5) is 0. The molecule has 0 radical (unpaired) electrons. The number of rotatable bonds is 4. The molecule has 2 aliphatic rings. The lowest BCUT2D eigenvalue weighted by molar-refractivity contribution is 0.0205. The Hall–Kier alpha value is -0.220. The van der Waals surface area contributed by atoms with Crippen LogP contribution in [0.15, 0.2) is 0 Å². The minimum absolute atomic E-state index is 0.0355. The highest BCUT2D eigenvalue weighted by molar-refractivity contribution is 7.92. The van der Waals surface area contributed by atoms with Crippen LogP contribution in [0.2, 0.25) is 0 Å². The third-order valence-electron chi connectivity index (χ3n) is 3.82. The third-order valence-corrected chi connectivity index (χ3v) is 7.87. The second-order valence-corrected chi connectivity index (χ2v) is 10.00. The van der Waals surface area contributed by atoms with Crippen LogP contribution >= 0.6 is 0 Å². The number of likely N-dealkylation sites (N-methyl/N-ethyl adjacent to an activating group) is 1. The van der Waals surface area contributed by atoms with E-state index in [1.165, 1.54) is 11.4 Å². The zero-order chi connectivity index (χ0) is 14.8. The van der Waals surface area contributed by atoms with Crippen molar-refractivity contribution in [3.8, 4) is 0 Å². The Bertz CT molecular complexity index is 511. The normalized spacial score (nSPS) is 28.6. The summed E-state index contributed by atoms with van der Waals surface area (Å²) in [5.74, 6) is -0.0710. The number of hydrogen-bond acceptors (Lipinski definition) is 6. The van der Waals surface area contributed by atoms with Crippen LogP contribution in [0.5, 0.6) is 0 Å². The fourth-order valence-corrected chi connectivity index (χ4v) is 6.05. The fourth-order valence-electron chi connectivity index (χ4n) is 2.55. The predicted octanol–water partition coefficient (Wildman–Crippen LogP) is -1.19. The molecule has 0 saturated carbocycles. The van der Waals surface area contributed by atoms with Crippen molar-refractivity contribution in [2.45, 2.75) is 24.2 Å². The smallest absolute Gasteiger partial charge is 0.216 e. The quantitative estimate of drug-likeness (QED) is 0.699. The van der Waals surface area contributed by atoms with E-state index in [0.717, 1.165) is 6.54 Å². The van der Waals surface area contributed by atoms with Crippen LogP contribution in [0.3, 0.4) is 0 Å². The molecule has 1 unspecified atom stereocenters. The summed E-state index contributed by atoms with van der Waals surface area (Å²) in [5.41, 5.74) is 0. The second kappa shape index (κ2) is 6.27. The van der Waals surface area contributed by atoms with E-state index in [1.54, 1.807) is 0 Å². The Kier molecular flexibility index (Phi) is 5.06. The Morgan fingerprint density at radius 1 is 1.30 bits per heavy atom. The van der Waals surface area contributed by atoms with E-state index in [1.807, 2.05) is 0 Å². The molecule has 1 N–H and O–H groups in total. The van der Waals surface area contributed by atoms with Gasteiger partial charge < -0.3 is 10.1 Å². The first-order valence-electron chi connectivity index (χ1n) is 6.79. The van der Waals surface area contributed by atoms with Crippen LogP contribution in [0.25, 0.3) is 0 Å². The van der Waals surface area contributed by atoms with Crippen molar-refractivity contribution in [1.82, 2.24) is 9.62 Å². The van der Waals surface area contributed by atoms with Crippen molar-refractivity contribution in [1.29, 1.82) is 0 Å². The largest absolute Gasteiger partial charge is 0.374 e. The van der Waals surface area contributed by atoms with Gasteiger partial charge in [0.1, 0.15) is 9.84 Å². The number of sulfone groups is 1. The van der Waals surface area contributed by atoms with E-state index < -0.39 is 25.1 Å². The van der Waals surface area contributed by atoms with E-state index in [2.05, 4.69) is 5.32 Å². The number of morpholine rings is 1. The van der Waals surface area contributed by atoms with Crippen LogP contribution in [0.4, 0.5) is 0 Å². The van der Waals surface area contributed by atoms with Crippen molar-refractivity contribution in [3.05, 3.63) is 0 Å². The minimum atomic E-state index is -3.45. The standard InChI is InChI=1S/C11H22N2O5S2/c1-13(9-10-8-12-4-5-18-10)20(16,17)11-2-6-19(14,15)7-3-11/h10-12H,2-9H2,1H3. The first-order valence-corrected chi connectivity index (χ1v) is 10.1. The van der Waals surface area contributed by atoms with Gasteiger partial charge in [0.15, 0.2) is 0 Å². The molecule has 0 aromatic carbocycles. The van der Waals surface area contributed by atoms with Gasteiger partial charge in [-0.15, -0.1) is 0 Å². The molecule has 0 aromatic heterocycles. The van der Waals surface area contributed by atoms with Gasteiger partial charge in [0.25, 0.3) is 0 Å². The zero-order valence-electron chi connectivity index (χ0n) is 11.6. The molecule has 118 valence electrons. The minimum Gasteiger partial charge on any atom is -0.374 e. The molecule has 0 bridgehead atoms. The zero-order valence-corrected chi connectivity index (χ0v) is 13.2. The number of nitrogens with one attached hydrogen (secondary N) is 1. The van der Waals surface area contributed by atoms with Gasteiger partial charge in [-0.3, -0.25) is 0 Å². The second-order valence-electron chi connectivity index (χ2n) is 5.37. The van der Waals surface area contributed by atoms with Gasteiger partial charge >= 0.3 is 0 Å². The molecule has 2 rings (SSSR count). The predicted molar refractivity (Wildman–Crippen MR) is 75.8 cm³/mol. The Balaban J connectivity index is 1.95. The molecule has 0 amide bonds. The van der Waals surface area contributed by atoms with Crippen molar-refractivity contribution < 1.29 is 21.6 Å². The molecule has 7 nitrogen and oxygen atoms in total. The lowest BCUT2D eigenvalue weighted by Gasteiger charge is -2.31. The van der Waals surface area contributed by atoms with Crippen LogP contribution in [0.1, 0.15) is 12.8 Å². The number of hydrogen-bond donors (Lipinski definition) is 1. The van der Waals surface area contributed by atoms with E-state index in [9.17, 15) is 16.8 Å². The molecule has 0 spiro atoms. The highest BCUT2D eigenvalue weighted by Crippen LogP contribution is 2.22. The molecule has 2 saturated heterocycles. The molecule has 20 heavy (non-hydrogen) atoms. The summed E-state index contributed by atoms with van der Waals surface area (Å²) in [6, 6.07) is 0. The summed E-state index contributed by atoms with van der Waals surface area (Å²) in [6.07, 6.45) is 0.244. The molecule has 0 aliphatic carbocycles. The summed E-state index contributed by atoms with van der Waals surface area (Å²) in [6.45, 7) is 2.31. The summed E-state index contributed by atoms with van der Waals surface area (Å²) < 4.78 is 54.4. The van der Waals surface area contributed by atoms with Crippen LogP contribution in [-0.4, -0.2) is 77.3 Å². The Morgan fingerprint density at radius 2 is 1.95 bits per heavy atom. The monoisotopic (exact) mass is 326 g/mol. The van der Waals surface area contributed by atoms with Gasteiger partial charge in [-0.2, -0.15) is 0 Å². The summed E-state index contributed by atoms with van der Waals surface area (Å²) in [5, 5.41) is 2.57. The van der Waals surface area contributed by atoms with Crippen LogP contribution in [-0.2, 0) is 24.6 Å². The maximum absolute atomic E-state index is 12.4. The van der Waals surface area contributed by atoms with Crippen molar-refractivity contribution >= 4 is 19.9 Å². The van der Waals surface area contributed by atoms with E-state index >= 15 is 0 Å². The fraction of sp³-hybridized carbons (Fsp3) is 1.00. The first-order chi connectivity index (χ1) is 9.31. The van der Waals surface area contributed by atoms with Gasteiger partial charge in [-0.1, -0.05) is 0 Å². The Morgan fingerprint density at radius 3 is 2.50 bits per heavy atom. The van der Waals surface area contributed by atoms with Crippen LogP contribution < -0.4 is 5.32 Å². The summed E-state index contributed by atoms with van der Waals surface area (Å²) >= 11 is 0. The average Bonchev–Trinajstić information content (AvgIpc) is 2.39. The number of nitrogens with zero attached hydrogens (tertiary/aromatic N) is 1. The van der Waals surface area contributed by atoms with E-state index in [-0.39, 0.29) is 30.5 Å². The SMILES string of the molecule is CN(CC1CNCCO1)S(=O)(=O)C1CCS(=O)(=O)CC1. The lowest BCUT2D eigenvalue weighted by Crippen LogP contribution is -2.48. The summed E-state index contributed by atoms with van der Waals surface area (Å²) in [7, 11) is -4.96. The van der Waals surface area contributed by atoms with Crippen molar-refractivity contribution in [3.63, 3.8) is 0 Å². The molecule has 2 fully saturated rings. The molecule has 0 aromatic rings. The topological polar surface area (TPSA) is 92.8 Å². The molecule has 1 atom stereocenters. The molecular weight excluding hydrogens is 304 g/mol. The Labute approximate surface area is 120 Å². The van der Waals surface area contributed by atoms with E-state index in [4.69, 9.17) is 4.74 Å². The van der Waals surface area contributed by atoms with Gasteiger partial charge in [-0.05, 0) is 12.8 Å².